The molecule has 0 aliphatic carbocycles. The molecule has 0 saturated carbocycles. The predicted molar refractivity (Wildman–Crippen MR) is 118 cm³/mol. The number of hydrogen-bond acceptors (Lipinski definition) is 9. The molecule has 0 radical (unpaired) electrons. The number of rotatable bonds is 8. The second-order valence-electron chi connectivity index (χ2n) is 5.24. The molecule has 0 spiro atoms. The minimum Gasteiger partial charge on any atom is -0.460 e. The summed E-state index contributed by atoms with van der Waals surface area (Å²) in [6, 6.07) is 4.25. The van der Waals surface area contributed by atoms with Gasteiger partial charge in [0.15, 0.2) is 17.5 Å². The van der Waals surface area contributed by atoms with Crippen LogP contribution >= 0.6 is 37.9 Å². The first kappa shape index (κ1) is 25.8. The summed E-state index contributed by atoms with van der Waals surface area (Å²) < 4.78 is 32.9. The van der Waals surface area contributed by atoms with Gasteiger partial charge in [0.2, 0.25) is 6.29 Å². The molecule has 10 nitrogen and oxygen atoms in total. The molecule has 1 aromatic rings. The van der Waals surface area contributed by atoms with E-state index in [0.717, 1.165) is 0 Å². The summed E-state index contributed by atoms with van der Waals surface area (Å²) in [7, 11) is 8.54. The normalized spacial score (nSPS) is 26.9. The molecule has 5 unspecified atom stereocenters. The number of benzene rings is 1. The van der Waals surface area contributed by atoms with Gasteiger partial charge in [0, 0.05) is 43.9 Å². The zero-order valence-electron chi connectivity index (χ0n) is 15.4. The van der Waals surface area contributed by atoms with Crippen molar-refractivity contribution in [3.63, 3.8) is 0 Å². The van der Waals surface area contributed by atoms with Gasteiger partial charge in [-0.3, -0.25) is 10.1 Å². The molecule has 0 aromatic heterocycles. The van der Waals surface area contributed by atoms with Crippen molar-refractivity contribution in [1.82, 2.24) is 0 Å². The van der Waals surface area contributed by atoms with E-state index >= 15 is 0 Å². The van der Waals surface area contributed by atoms with Crippen LogP contribution in [0.15, 0.2) is 18.2 Å². The molecular weight excluding hydrogens is 448 g/mol. The topological polar surface area (TPSA) is 125 Å². The van der Waals surface area contributed by atoms with E-state index in [4.69, 9.17) is 33.3 Å². The van der Waals surface area contributed by atoms with Crippen molar-refractivity contribution in [3.8, 4) is 5.75 Å². The van der Waals surface area contributed by atoms with Crippen molar-refractivity contribution in [2.24, 2.45) is 0 Å². The Bertz CT molecular complexity index is 629. The summed E-state index contributed by atoms with van der Waals surface area (Å²) in [6.45, 7) is 4.17. The number of para-hydroxylation sites is 1. The first-order chi connectivity index (χ1) is 13.5. The van der Waals surface area contributed by atoms with Crippen LogP contribution in [0.2, 0.25) is 0 Å². The first-order valence-electron chi connectivity index (χ1n) is 8.21. The Kier molecular flexibility index (Phi) is 12.1. The van der Waals surface area contributed by atoms with Crippen LogP contribution in [0.4, 0.5) is 11.4 Å². The number of nitro groups is 1. The number of nitrogens with two attached hydrogens (primary N) is 1. The lowest BCUT2D eigenvalue weighted by Crippen LogP contribution is -2.60. The lowest BCUT2D eigenvalue weighted by molar-refractivity contribution is -0.384. The van der Waals surface area contributed by atoms with Gasteiger partial charge in [-0.05, 0) is 6.07 Å². The van der Waals surface area contributed by atoms with E-state index in [0.29, 0.717) is 0 Å². The second kappa shape index (κ2) is 13.1. The van der Waals surface area contributed by atoms with Gasteiger partial charge in [0.1, 0.15) is 18.3 Å². The molecule has 160 valence electrons. The third kappa shape index (κ3) is 6.12. The zero-order chi connectivity index (χ0) is 21.3. The van der Waals surface area contributed by atoms with Gasteiger partial charge in [-0.25, -0.2) is 0 Å². The molecule has 28 heavy (non-hydrogen) atoms. The summed E-state index contributed by atoms with van der Waals surface area (Å²) in [5, 5.41) is 11.1. The second-order valence-corrected chi connectivity index (χ2v) is 6.39. The van der Waals surface area contributed by atoms with E-state index in [1.54, 1.807) is 0 Å². The molecular formula is C14H26N2O8P4. The van der Waals surface area contributed by atoms with Gasteiger partial charge >= 0.3 is 0 Å². The predicted octanol–water partition coefficient (Wildman–Crippen LogP) is 2.64. The van der Waals surface area contributed by atoms with Crippen molar-refractivity contribution < 1.29 is 32.5 Å². The van der Waals surface area contributed by atoms with Gasteiger partial charge in [0.25, 0.3) is 5.69 Å². The number of nitrogens with zero attached hydrogens (tertiary/aromatic N) is 1. The van der Waals surface area contributed by atoms with Crippen molar-refractivity contribution in [3.05, 3.63) is 28.3 Å². The molecule has 1 aliphatic rings. The number of hydrogen-bond donors (Lipinski definition) is 1. The van der Waals surface area contributed by atoms with E-state index in [-0.39, 0.29) is 23.7 Å². The van der Waals surface area contributed by atoms with Crippen LogP contribution in [-0.2, 0) is 22.8 Å². The van der Waals surface area contributed by atoms with Crippen molar-refractivity contribution in [2.75, 3.05) is 12.3 Å². The molecule has 1 fully saturated rings. The lowest BCUT2D eigenvalue weighted by atomic mass is 9.99. The van der Waals surface area contributed by atoms with Crippen molar-refractivity contribution >= 4 is 49.2 Å². The van der Waals surface area contributed by atoms with Gasteiger partial charge in [0.05, 0.1) is 11.5 Å². The first-order valence-corrected chi connectivity index (χ1v) is 10.1. The lowest BCUT2D eigenvalue weighted by Gasteiger charge is -2.43. The summed E-state index contributed by atoms with van der Waals surface area (Å²) in [5.74, 6) is 0.0922. The smallest absolute Gasteiger partial charge is 0.295 e. The SMILES string of the molecule is CC.Nc1c(O[C@@H]2O[C@H](COP)C(OP)[C@H](OP)[C@H]2OP)cccc1[N+](=O)[O-]. The highest BCUT2D eigenvalue weighted by molar-refractivity contribution is 7.10. The Morgan fingerprint density at radius 2 is 1.71 bits per heavy atom. The fraction of sp³-hybridized carbons (Fsp3) is 0.571. The molecule has 9 atom stereocenters. The molecule has 0 bridgehead atoms. The Morgan fingerprint density at radius 3 is 2.21 bits per heavy atom. The third-order valence-corrected chi connectivity index (χ3v) is 4.94. The van der Waals surface area contributed by atoms with Crippen LogP contribution in [-0.4, -0.2) is 42.2 Å². The van der Waals surface area contributed by atoms with Gasteiger partial charge in [-0.15, -0.1) is 0 Å². The molecule has 1 aromatic carbocycles. The minimum absolute atomic E-state index is 0.0922. The van der Waals surface area contributed by atoms with Crippen LogP contribution in [0.25, 0.3) is 0 Å². The molecule has 2 N–H and O–H groups in total. The Labute approximate surface area is 173 Å². The molecule has 0 amide bonds. The molecule has 1 saturated heterocycles. The monoisotopic (exact) mass is 474 g/mol. The fourth-order valence-corrected chi connectivity index (χ4v) is 3.70. The van der Waals surface area contributed by atoms with E-state index in [1.807, 2.05) is 13.8 Å². The maximum Gasteiger partial charge on any atom is 0.295 e. The maximum atomic E-state index is 11.1. The molecule has 1 heterocycles. The van der Waals surface area contributed by atoms with Crippen LogP contribution in [0.3, 0.4) is 0 Å². The maximum absolute atomic E-state index is 11.1. The highest BCUT2D eigenvalue weighted by atomic mass is 31.0. The summed E-state index contributed by atoms with van der Waals surface area (Å²) in [6.07, 6.45) is -3.41. The summed E-state index contributed by atoms with van der Waals surface area (Å²) in [4.78, 5) is 10.5. The molecule has 14 heteroatoms. The van der Waals surface area contributed by atoms with E-state index in [2.05, 4.69) is 37.9 Å². The number of ether oxygens (including phenoxy) is 2. The van der Waals surface area contributed by atoms with Gasteiger partial charge < -0.3 is 33.3 Å². The van der Waals surface area contributed by atoms with Crippen molar-refractivity contribution in [2.45, 2.75) is 44.6 Å². The van der Waals surface area contributed by atoms with E-state index in [9.17, 15) is 10.1 Å². The average molecular weight is 474 g/mol. The van der Waals surface area contributed by atoms with Gasteiger partial charge in [-0.2, -0.15) is 0 Å². The van der Waals surface area contributed by atoms with Crippen LogP contribution < -0.4 is 10.5 Å². The average Bonchev–Trinajstić information content (AvgIpc) is 2.70. The van der Waals surface area contributed by atoms with Crippen LogP contribution in [0.1, 0.15) is 13.8 Å². The number of nitro benzene ring substituents is 1. The summed E-state index contributed by atoms with van der Waals surface area (Å²) >= 11 is 0. The third-order valence-electron chi connectivity index (χ3n) is 3.81. The zero-order valence-corrected chi connectivity index (χ0v) is 20.0. The number of anilines is 1. The standard InChI is InChI=1S/C12H20N2O8P4.C2H6/c13-8-5(14(15)16)2-1-3-6(8)18-12-11(22-26)10(21-25)9(20-24)7(19-12)4-17-23;1-2/h1-3,7,9-12H,4,13,23-26H2;1-2H3/t7-,9?,10+,11-,12-;/m1./s1. The fourth-order valence-electron chi connectivity index (χ4n) is 2.59. The van der Waals surface area contributed by atoms with Crippen molar-refractivity contribution in [1.29, 1.82) is 0 Å². The van der Waals surface area contributed by atoms with E-state index in [1.165, 1.54) is 18.2 Å². The highest BCUT2D eigenvalue weighted by Gasteiger charge is 2.48. The quantitative estimate of drug-likeness (QED) is 0.262. The Hall–Kier alpha value is -0.260. The molecule has 1 aliphatic heterocycles. The van der Waals surface area contributed by atoms with Gasteiger partial charge in [-0.1, -0.05) is 19.9 Å². The number of nitrogen functional groups attached to an aromatic ring is 1. The summed E-state index contributed by atoms with van der Waals surface area (Å²) in [5.41, 5.74) is 5.46. The Morgan fingerprint density at radius 1 is 1.11 bits per heavy atom. The highest BCUT2D eigenvalue weighted by Crippen LogP contribution is 2.36. The van der Waals surface area contributed by atoms with E-state index < -0.39 is 35.6 Å². The van der Waals surface area contributed by atoms with Crippen LogP contribution in [0, 0.1) is 10.1 Å². The molecule has 2 rings (SSSR count). The largest absolute Gasteiger partial charge is 0.460 e. The Balaban J connectivity index is 0.00000190. The minimum atomic E-state index is -0.982. The van der Waals surface area contributed by atoms with Crippen LogP contribution in [0.5, 0.6) is 5.75 Å².